The number of benzene rings is 2. The summed E-state index contributed by atoms with van der Waals surface area (Å²) in [5, 5.41) is 30.8. The molecule has 0 aliphatic carbocycles. The normalized spacial score (nSPS) is 16.5. The summed E-state index contributed by atoms with van der Waals surface area (Å²) in [4.78, 5) is 59.7. The highest BCUT2D eigenvalue weighted by Gasteiger charge is 2.40. The van der Waals surface area contributed by atoms with Crippen LogP contribution in [0.1, 0.15) is 58.6 Å². The van der Waals surface area contributed by atoms with Crippen molar-refractivity contribution in [1.29, 1.82) is 0 Å². The molecule has 0 unspecified atom stereocenters. The number of aliphatic hydroxyl groups is 1. The number of nitrogens with one attached hydrogen (secondary N) is 3. The third-order valence-corrected chi connectivity index (χ3v) is 9.79. The number of aliphatic hydroxyl groups excluding tert-OH is 1. The van der Waals surface area contributed by atoms with Crippen molar-refractivity contribution < 1.29 is 29.4 Å². The molecule has 52 heavy (non-hydrogen) atoms. The zero-order valence-corrected chi connectivity index (χ0v) is 31.1. The Hall–Kier alpha value is -4.97. The first-order chi connectivity index (χ1) is 24.7. The minimum Gasteiger partial charge on any atom is -0.465 e. The Morgan fingerprint density at radius 3 is 2.15 bits per heavy atom. The number of carbonyl (C=O) groups is 4. The number of urea groups is 1. The van der Waals surface area contributed by atoms with E-state index in [1.807, 2.05) is 86.6 Å². The lowest BCUT2D eigenvalue weighted by molar-refractivity contribution is -0.130. The predicted octanol–water partition coefficient (Wildman–Crippen LogP) is 4.72. The van der Waals surface area contributed by atoms with E-state index in [0.717, 1.165) is 27.3 Å². The van der Waals surface area contributed by atoms with Gasteiger partial charge in [0.25, 0.3) is 0 Å². The van der Waals surface area contributed by atoms with Crippen molar-refractivity contribution in [2.45, 2.75) is 90.6 Å². The molecule has 12 heteroatoms. The van der Waals surface area contributed by atoms with Crippen molar-refractivity contribution in [2.75, 3.05) is 20.1 Å². The van der Waals surface area contributed by atoms with Crippen LogP contribution in [-0.4, -0.2) is 99.3 Å². The van der Waals surface area contributed by atoms with Gasteiger partial charge in [-0.25, -0.2) is 9.59 Å². The average Bonchev–Trinajstić information content (AvgIpc) is 3.53. The summed E-state index contributed by atoms with van der Waals surface area (Å²) in [6, 6.07) is 19.5. The fourth-order valence-corrected chi connectivity index (χ4v) is 6.92. The SMILES string of the molecule is CC[C@H](C)[C@@H](C(=O)N[C@@H](Cc1ccccc1)[C@@H](O)C[C@@H](Cc1ccc(-c2ccccn2)cc1)NC(=O)[C@@H](N(C)C(=O)O)C(C)(C)C)N1CCNC1=O. The van der Waals surface area contributed by atoms with Crippen molar-refractivity contribution in [3.05, 3.63) is 90.1 Å². The van der Waals surface area contributed by atoms with Gasteiger partial charge in [0.1, 0.15) is 12.1 Å². The topological polar surface area (TPSA) is 164 Å². The number of carboxylic acid groups (broad SMARTS) is 1. The molecule has 0 spiro atoms. The van der Waals surface area contributed by atoms with E-state index in [-0.39, 0.29) is 24.3 Å². The molecule has 3 aromatic rings. The summed E-state index contributed by atoms with van der Waals surface area (Å²) >= 11 is 0. The van der Waals surface area contributed by atoms with Crippen molar-refractivity contribution >= 4 is 23.9 Å². The van der Waals surface area contributed by atoms with Gasteiger partial charge in [0.2, 0.25) is 11.8 Å². The molecule has 1 aromatic heterocycles. The fourth-order valence-electron chi connectivity index (χ4n) is 6.92. The maximum atomic E-state index is 14.0. The molecule has 2 aromatic carbocycles. The first kappa shape index (κ1) is 39.8. The van der Waals surface area contributed by atoms with Crippen LogP contribution in [0.4, 0.5) is 9.59 Å². The van der Waals surface area contributed by atoms with Crippen LogP contribution in [0.25, 0.3) is 11.3 Å². The molecule has 1 aliphatic rings. The van der Waals surface area contributed by atoms with E-state index in [9.17, 15) is 29.4 Å². The second kappa shape index (κ2) is 18.0. The number of hydrogen-bond acceptors (Lipinski definition) is 6. The summed E-state index contributed by atoms with van der Waals surface area (Å²) in [5.74, 6) is -0.979. The summed E-state index contributed by atoms with van der Waals surface area (Å²) in [6.07, 6.45) is 0.722. The Morgan fingerprint density at radius 2 is 1.60 bits per heavy atom. The lowest BCUT2D eigenvalue weighted by Crippen LogP contribution is -2.58. The number of hydrogen-bond donors (Lipinski definition) is 5. The Balaban J connectivity index is 1.65. The summed E-state index contributed by atoms with van der Waals surface area (Å²) < 4.78 is 0. The van der Waals surface area contributed by atoms with E-state index in [1.165, 1.54) is 7.05 Å². The number of carbonyl (C=O) groups excluding carboxylic acids is 3. The molecule has 2 heterocycles. The van der Waals surface area contributed by atoms with E-state index in [0.29, 0.717) is 32.4 Å². The van der Waals surface area contributed by atoms with Gasteiger partial charge in [0, 0.05) is 37.9 Å². The second-order valence-electron chi connectivity index (χ2n) is 14.8. The molecule has 0 saturated carbocycles. The minimum absolute atomic E-state index is 0.0529. The molecule has 1 fully saturated rings. The van der Waals surface area contributed by atoms with Crippen molar-refractivity contribution in [3.8, 4) is 11.3 Å². The zero-order valence-electron chi connectivity index (χ0n) is 31.1. The van der Waals surface area contributed by atoms with Crippen LogP contribution < -0.4 is 16.0 Å². The molecule has 0 radical (unpaired) electrons. The maximum absolute atomic E-state index is 14.0. The smallest absolute Gasteiger partial charge is 0.407 e. The van der Waals surface area contributed by atoms with E-state index in [4.69, 9.17) is 0 Å². The Bertz CT molecular complexity index is 1630. The second-order valence-corrected chi connectivity index (χ2v) is 14.8. The first-order valence-corrected chi connectivity index (χ1v) is 18.0. The van der Waals surface area contributed by atoms with Crippen LogP contribution in [0, 0.1) is 11.3 Å². The highest BCUT2D eigenvalue weighted by Crippen LogP contribution is 2.26. The van der Waals surface area contributed by atoms with Gasteiger partial charge in [-0.2, -0.15) is 0 Å². The lowest BCUT2D eigenvalue weighted by Gasteiger charge is -2.37. The standard InChI is InChI=1S/C40H54N6O6/c1-7-26(2)34(46-22-21-42-38(46)50)36(48)44-32(24-27-13-9-8-10-14-27)33(47)25-30(43-37(49)35(40(3,4)5)45(6)39(51)52)23-28-16-18-29(19-17-28)31-15-11-12-20-41-31/h8-20,26,30,32-35,47H,7,21-25H2,1-6H3,(H,42,50)(H,43,49)(H,44,48)(H,51,52)/t26-,30+,32-,33-,34-,35+/m0/s1. The molecule has 5 amide bonds. The predicted molar refractivity (Wildman–Crippen MR) is 200 cm³/mol. The number of aromatic nitrogens is 1. The minimum atomic E-state index is -1.23. The molecule has 280 valence electrons. The summed E-state index contributed by atoms with van der Waals surface area (Å²) in [5.41, 5.74) is 2.79. The van der Waals surface area contributed by atoms with Gasteiger partial charge in [-0.05, 0) is 53.9 Å². The van der Waals surface area contributed by atoms with Crippen LogP contribution >= 0.6 is 0 Å². The van der Waals surface area contributed by atoms with Gasteiger partial charge in [-0.3, -0.25) is 19.5 Å². The largest absolute Gasteiger partial charge is 0.465 e. The molecule has 5 N–H and O–H groups in total. The van der Waals surface area contributed by atoms with Crippen molar-refractivity contribution in [1.82, 2.24) is 30.7 Å². The highest BCUT2D eigenvalue weighted by atomic mass is 16.4. The van der Waals surface area contributed by atoms with Crippen molar-refractivity contribution in [2.24, 2.45) is 11.3 Å². The molecule has 12 nitrogen and oxygen atoms in total. The monoisotopic (exact) mass is 714 g/mol. The number of nitrogens with zero attached hydrogens (tertiary/aromatic N) is 3. The quantitative estimate of drug-likeness (QED) is 0.143. The van der Waals surface area contributed by atoms with Crippen LogP contribution in [0.3, 0.4) is 0 Å². The van der Waals surface area contributed by atoms with Crippen LogP contribution in [0.5, 0.6) is 0 Å². The van der Waals surface area contributed by atoms with E-state index >= 15 is 0 Å². The van der Waals surface area contributed by atoms with Crippen LogP contribution in [-0.2, 0) is 22.4 Å². The summed E-state index contributed by atoms with van der Waals surface area (Å²) in [7, 11) is 1.37. The molecule has 0 bridgehead atoms. The number of rotatable bonds is 16. The maximum Gasteiger partial charge on any atom is 0.407 e. The van der Waals surface area contributed by atoms with Gasteiger partial charge in [-0.15, -0.1) is 0 Å². The summed E-state index contributed by atoms with van der Waals surface area (Å²) in [6.45, 7) is 10.2. The average molecular weight is 715 g/mol. The first-order valence-electron chi connectivity index (χ1n) is 18.0. The van der Waals surface area contributed by atoms with Gasteiger partial charge in [-0.1, -0.05) is 102 Å². The third-order valence-electron chi connectivity index (χ3n) is 9.79. The Morgan fingerprint density at radius 1 is 0.942 bits per heavy atom. The molecule has 6 atom stereocenters. The molecular weight excluding hydrogens is 660 g/mol. The zero-order chi connectivity index (χ0) is 38.0. The van der Waals surface area contributed by atoms with Gasteiger partial charge in [0.15, 0.2) is 0 Å². The van der Waals surface area contributed by atoms with Crippen LogP contribution in [0.2, 0.25) is 0 Å². The highest BCUT2D eigenvalue weighted by molar-refractivity contribution is 5.88. The van der Waals surface area contributed by atoms with Crippen molar-refractivity contribution in [3.63, 3.8) is 0 Å². The number of likely N-dealkylation sites (N-methyl/N-ethyl adjacent to an activating group) is 1. The van der Waals surface area contributed by atoms with Gasteiger partial charge < -0.3 is 31.1 Å². The van der Waals surface area contributed by atoms with Gasteiger partial charge in [0.05, 0.1) is 17.8 Å². The molecule has 1 aliphatic heterocycles. The van der Waals surface area contributed by atoms with E-state index < -0.39 is 47.7 Å². The van der Waals surface area contributed by atoms with E-state index in [2.05, 4.69) is 20.9 Å². The van der Waals surface area contributed by atoms with Crippen LogP contribution in [0.15, 0.2) is 79.0 Å². The third kappa shape index (κ3) is 10.5. The van der Waals surface area contributed by atoms with Gasteiger partial charge >= 0.3 is 12.1 Å². The Kier molecular flexibility index (Phi) is 13.8. The number of pyridine rings is 1. The number of amides is 5. The molecular formula is C40H54N6O6. The Labute approximate surface area is 307 Å². The lowest BCUT2D eigenvalue weighted by atomic mass is 9.84. The molecule has 1 saturated heterocycles. The fraction of sp³-hybridized carbons (Fsp3) is 0.475. The van der Waals surface area contributed by atoms with E-state index in [1.54, 1.807) is 31.9 Å². The molecule has 4 rings (SSSR count).